The van der Waals surface area contributed by atoms with Crippen LogP contribution in [0.4, 0.5) is 0 Å². The summed E-state index contributed by atoms with van der Waals surface area (Å²) in [5, 5.41) is 17.3. The van der Waals surface area contributed by atoms with Crippen LogP contribution in [0.5, 0.6) is 11.5 Å². The van der Waals surface area contributed by atoms with Crippen LogP contribution in [-0.2, 0) is 0 Å². The Balaban J connectivity index is 0.000000640. The van der Waals surface area contributed by atoms with Gasteiger partial charge in [-0.15, -0.1) is 0 Å². The number of hydrogen-bond acceptors (Lipinski definition) is 2. The van der Waals surface area contributed by atoms with E-state index in [0.29, 0.717) is 0 Å². The molecule has 0 spiro atoms. The molecule has 0 saturated carbocycles. The second-order valence-corrected chi connectivity index (χ2v) is 1.52. The summed E-state index contributed by atoms with van der Waals surface area (Å²) in [7, 11) is 0. The zero-order valence-electron chi connectivity index (χ0n) is 4.61. The topological polar surface area (TPSA) is 40.5 Å². The Bertz CT molecular complexity index is 150. The summed E-state index contributed by atoms with van der Waals surface area (Å²) in [6.45, 7) is 0. The molecule has 0 amide bonds. The van der Waals surface area contributed by atoms with E-state index < -0.39 is 0 Å². The molecule has 0 fully saturated rings. The van der Waals surface area contributed by atoms with Gasteiger partial charge in [-0.1, -0.05) is 0 Å². The predicted molar refractivity (Wildman–Crippen MR) is 29.8 cm³/mol. The summed E-state index contributed by atoms with van der Waals surface area (Å²) in [6.07, 6.45) is 0. The van der Waals surface area contributed by atoms with Crippen molar-refractivity contribution in [2.24, 2.45) is 0 Å². The molecule has 0 bridgehead atoms. The van der Waals surface area contributed by atoms with Gasteiger partial charge in [0.05, 0.1) is 0 Å². The second kappa shape index (κ2) is 4.05. The summed E-state index contributed by atoms with van der Waals surface area (Å²) >= 11 is 0. The van der Waals surface area contributed by atoms with Gasteiger partial charge in [-0.2, -0.15) is 0 Å². The van der Waals surface area contributed by atoms with Crippen LogP contribution in [0.1, 0.15) is 0 Å². The first kappa shape index (κ1) is 9.16. The van der Waals surface area contributed by atoms with Crippen LogP contribution in [0, 0.1) is 40.4 Å². The third-order valence-corrected chi connectivity index (χ3v) is 0.850. The van der Waals surface area contributed by atoms with Gasteiger partial charge in [0.2, 0.25) is 0 Å². The van der Waals surface area contributed by atoms with Crippen molar-refractivity contribution in [2.75, 3.05) is 0 Å². The average molecular weight is 260 g/mol. The first-order valence-electron chi connectivity index (χ1n) is 2.27. The molecule has 0 aromatic heterocycles. The molecule has 1 rings (SSSR count). The smallest absolute Gasteiger partial charge is 0.115 e. The molecule has 9 heavy (non-hydrogen) atoms. The molecule has 0 heterocycles. The van der Waals surface area contributed by atoms with Crippen molar-refractivity contribution < 1.29 is 50.6 Å². The fourth-order valence-electron chi connectivity index (χ4n) is 0.453. The molecule has 2 N–H and O–H groups in total. The number of hydrogen-bond donors (Lipinski definition) is 2. The van der Waals surface area contributed by atoms with Gasteiger partial charge >= 0.3 is 0 Å². The number of aromatic hydroxyl groups is 2. The standard InChI is InChI=1S/C6H6O2.Sm/c7-5-1-2-6(8)4-3-5;/h1-4,7-8H;. The van der Waals surface area contributed by atoms with Crippen LogP contribution in [0.25, 0.3) is 0 Å². The van der Waals surface area contributed by atoms with E-state index in [0.717, 1.165) is 0 Å². The second-order valence-electron chi connectivity index (χ2n) is 1.52. The molecule has 0 aliphatic rings. The molecule has 3 heteroatoms. The van der Waals surface area contributed by atoms with E-state index in [2.05, 4.69) is 0 Å². The number of phenolic OH excluding ortho intramolecular Hbond substituents is 2. The van der Waals surface area contributed by atoms with Crippen LogP contribution in [0.15, 0.2) is 24.3 Å². The molecule has 48 valence electrons. The van der Waals surface area contributed by atoms with Gasteiger partial charge in [-0.3, -0.25) is 0 Å². The first-order chi connectivity index (χ1) is 3.79. The van der Waals surface area contributed by atoms with Crippen molar-refractivity contribution in [3.63, 3.8) is 0 Å². The van der Waals surface area contributed by atoms with Crippen molar-refractivity contribution in [1.82, 2.24) is 0 Å². The van der Waals surface area contributed by atoms with Crippen LogP contribution in [0.2, 0.25) is 0 Å². The largest absolute Gasteiger partial charge is 0.508 e. The van der Waals surface area contributed by atoms with Gasteiger partial charge in [0.15, 0.2) is 0 Å². The maximum absolute atomic E-state index is 8.65. The van der Waals surface area contributed by atoms with Gasteiger partial charge in [-0.05, 0) is 24.3 Å². The normalized spacial score (nSPS) is 8.00. The molecule has 0 saturated heterocycles. The van der Waals surface area contributed by atoms with Crippen molar-refractivity contribution in [1.29, 1.82) is 0 Å². The monoisotopic (exact) mass is 262 g/mol. The van der Waals surface area contributed by atoms with Crippen molar-refractivity contribution >= 4 is 0 Å². The Morgan fingerprint density at radius 2 is 1.00 bits per heavy atom. The van der Waals surface area contributed by atoms with Gasteiger partial charge in [0.25, 0.3) is 0 Å². The van der Waals surface area contributed by atoms with Crippen molar-refractivity contribution in [3.05, 3.63) is 24.3 Å². The van der Waals surface area contributed by atoms with Crippen LogP contribution < -0.4 is 0 Å². The van der Waals surface area contributed by atoms with Gasteiger partial charge in [0, 0.05) is 40.4 Å². The maximum Gasteiger partial charge on any atom is 0.115 e. The third kappa shape index (κ3) is 3.00. The molecule has 1 aromatic carbocycles. The Kier molecular flexibility index (Phi) is 4.12. The van der Waals surface area contributed by atoms with Gasteiger partial charge in [0.1, 0.15) is 11.5 Å². The van der Waals surface area contributed by atoms with Crippen molar-refractivity contribution in [2.45, 2.75) is 0 Å². The quantitative estimate of drug-likeness (QED) is 0.686. The van der Waals surface area contributed by atoms with E-state index in [4.69, 9.17) is 10.2 Å². The zero-order chi connectivity index (χ0) is 5.98. The molecular weight excluding hydrogens is 254 g/mol. The van der Waals surface area contributed by atoms with E-state index in [1.54, 1.807) is 0 Å². The Hall–Kier alpha value is 0.158. The van der Waals surface area contributed by atoms with E-state index >= 15 is 0 Å². The summed E-state index contributed by atoms with van der Waals surface area (Å²) in [4.78, 5) is 0. The molecule has 0 atom stereocenters. The molecule has 0 unspecified atom stereocenters. The minimum atomic E-state index is 0. The fraction of sp³-hybridized carbons (Fsp3) is 0. The van der Waals surface area contributed by atoms with Crippen LogP contribution in [0.3, 0.4) is 0 Å². The molecule has 0 aliphatic heterocycles. The minimum absolute atomic E-state index is 0. The Morgan fingerprint density at radius 1 is 0.778 bits per heavy atom. The Labute approximate surface area is 85.6 Å². The van der Waals surface area contributed by atoms with Gasteiger partial charge in [-0.25, -0.2) is 0 Å². The van der Waals surface area contributed by atoms with E-state index in [1.807, 2.05) is 0 Å². The van der Waals surface area contributed by atoms with E-state index in [1.165, 1.54) is 24.3 Å². The predicted octanol–water partition coefficient (Wildman–Crippen LogP) is 1.10. The van der Waals surface area contributed by atoms with Crippen LogP contribution in [-0.4, -0.2) is 10.2 Å². The molecule has 0 radical (unpaired) electrons. The SMILES string of the molecule is Oc1ccc(O)cc1.[Sm]. The Morgan fingerprint density at radius 3 is 1.22 bits per heavy atom. The molecule has 2 nitrogen and oxygen atoms in total. The van der Waals surface area contributed by atoms with Crippen LogP contribution >= 0.6 is 0 Å². The fourth-order valence-corrected chi connectivity index (χ4v) is 0.453. The van der Waals surface area contributed by atoms with E-state index in [-0.39, 0.29) is 51.9 Å². The number of benzene rings is 1. The van der Waals surface area contributed by atoms with Gasteiger partial charge < -0.3 is 10.2 Å². The molecule has 1 aromatic rings. The summed E-state index contributed by atoms with van der Waals surface area (Å²) in [6, 6.07) is 5.70. The summed E-state index contributed by atoms with van der Waals surface area (Å²) in [5.74, 6) is 0.339. The first-order valence-corrected chi connectivity index (χ1v) is 2.27. The summed E-state index contributed by atoms with van der Waals surface area (Å²) in [5.41, 5.74) is 0. The zero-order valence-corrected chi connectivity index (χ0v) is 7.23. The average Bonchev–Trinajstić information content (AvgIpc) is 1.77. The number of rotatable bonds is 0. The number of phenols is 2. The maximum atomic E-state index is 8.65. The minimum Gasteiger partial charge on any atom is -0.508 e. The molecule has 0 aliphatic carbocycles. The summed E-state index contributed by atoms with van der Waals surface area (Å²) < 4.78 is 0. The third-order valence-electron chi connectivity index (χ3n) is 0.850. The molecular formula is C6H6O2Sm. The van der Waals surface area contributed by atoms with E-state index in [9.17, 15) is 0 Å². The van der Waals surface area contributed by atoms with Crippen molar-refractivity contribution in [3.8, 4) is 11.5 Å².